The molecule has 0 unspecified atom stereocenters. The molecular weight excluding hydrogens is 264 g/mol. The van der Waals surface area contributed by atoms with Crippen LogP contribution in [0.15, 0.2) is 6.07 Å². The van der Waals surface area contributed by atoms with E-state index in [2.05, 4.69) is 0 Å². The summed E-state index contributed by atoms with van der Waals surface area (Å²) in [5.41, 5.74) is 1.96. The minimum atomic E-state index is -0.245. The molecule has 2 aliphatic rings. The summed E-state index contributed by atoms with van der Waals surface area (Å²) in [5, 5.41) is 20.1. The molecule has 0 saturated carbocycles. The normalized spacial score (nSPS) is 21.1. The molecule has 0 radical (unpaired) electrons. The predicted octanol–water partition coefficient (Wildman–Crippen LogP) is 1.14. The summed E-state index contributed by atoms with van der Waals surface area (Å²) in [5.74, 6) is 1.84. The fraction of sp³-hybridized carbons (Fsp3) is 0.538. The summed E-state index contributed by atoms with van der Waals surface area (Å²) < 4.78 is 16.3. The summed E-state index contributed by atoms with van der Waals surface area (Å²) in [7, 11) is 3.48. The van der Waals surface area contributed by atoms with Gasteiger partial charge in [-0.15, -0.1) is 0 Å². The first-order chi connectivity index (χ1) is 9.61. The van der Waals surface area contributed by atoms with Crippen molar-refractivity contribution in [3.8, 4) is 17.2 Å². The number of benzene rings is 1. The molecule has 1 aromatic rings. The van der Waals surface area contributed by atoms with E-state index in [9.17, 15) is 5.21 Å². The Hall–Kier alpha value is -1.54. The van der Waals surface area contributed by atoms with Gasteiger partial charge in [0.25, 0.3) is 0 Å². The van der Waals surface area contributed by atoms with Gasteiger partial charge in [0, 0.05) is 18.7 Å². The van der Waals surface area contributed by atoms with Crippen molar-refractivity contribution in [2.45, 2.75) is 12.5 Å². The van der Waals surface area contributed by atoms with Gasteiger partial charge >= 0.3 is 0 Å². The monoisotopic (exact) mass is 281 g/mol. The van der Waals surface area contributed by atoms with Crippen LogP contribution in [0.5, 0.6) is 17.2 Å². The van der Waals surface area contributed by atoms with Crippen LogP contribution in [0, 0.1) is 5.21 Å². The van der Waals surface area contributed by atoms with Gasteiger partial charge in [-0.05, 0) is 25.1 Å². The number of likely N-dealkylation sites (N-methyl/N-ethyl adjacent to an activating group) is 1. The van der Waals surface area contributed by atoms with Crippen molar-refractivity contribution in [1.29, 1.82) is 0 Å². The van der Waals surface area contributed by atoms with Crippen LogP contribution in [-0.2, 0) is 6.42 Å². The maximum absolute atomic E-state index is 11.0. The number of hydrogen-bond acceptors (Lipinski definition) is 7. The zero-order valence-electron chi connectivity index (χ0n) is 11.5. The molecule has 0 bridgehead atoms. The number of fused-ring (bicyclic) bond motifs is 2. The first-order valence-electron chi connectivity index (χ1n) is 6.45. The molecule has 110 valence electrons. The van der Waals surface area contributed by atoms with Crippen LogP contribution in [0.25, 0.3) is 0 Å². The fourth-order valence-corrected chi connectivity index (χ4v) is 2.90. The molecule has 0 spiro atoms. The van der Waals surface area contributed by atoms with E-state index in [-0.39, 0.29) is 24.6 Å². The highest BCUT2D eigenvalue weighted by molar-refractivity contribution is 5.61. The topological polar surface area (TPSA) is 77.5 Å². The molecule has 0 aliphatic carbocycles. The highest BCUT2D eigenvalue weighted by Gasteiger charge is 2.33. The lowest BCUT2D eigenvalue weighted by atomic mass is 9.91. The van der Waals surface area contributed by atoms with Crippen LogP contribution >= 0.6 is 0 Å². The maximum atomic E-state index is 11.0. The van der Waals surface area contributed by atoms with Crippen LogP contribution in [-0.4, -0.2) is 49.4 Å². The molecule has 1 N–H and O–H groups in total. The van der Waals surface area contributed by atoms with Crippen LogP contribution < -0.4 is 14.2 Å². The maximum Gasteiger partial charge on any atom is 0.231 e. The molecule has 2 aliphatic heterocycles. The summed E-state index contributed by atoms with van der Waals surface area (Å²) >= 11 is 0. The van der Waals surface area contributed by atoms with E-state index in [0.29, 0.717) is 17.2 Å². The lowest BCUT2D eigenvalue weighted by Crippen LogP contribution is -2.38. The summed E-state index contributed by atoms with van der Waals surface area (Å²) in [4.78, 5) is 2.02. The molecular formula is C13H17N2O5-. The van der Waals surface area contributed by atoms with Crippen molar-refractivity contribution in [2.24, 2.45) is 0 Å². The van der Waals surface area contributed by atoms with E-state index >= 15 is 0 Å². The van der Waals surface area contributed by atoms with Gasteiger partial charge in [0.2, 0.25) is 12.5 Å². The van der Waals surface area contributed by atoms with Crippen molar-refractivity contribution in [2.75, 3.05) is 34.0 Å². The van der Waals surface area contributed by atoms with Crippen molar-refractivity contribution in [1.82, 2.24) is 10.1 Å². The third kappa shape index (κ3) is 2.08. The van der Waals surface area contributed by atoms with Gasteiger partial charge in [0.15, 0.2) is 11.5 Å². The quantitative estimate of drug-likeness (QED) is 0.832. The van der Waals surface area contributed by atoms with Gasteiger partial charge in [0.1, 0.15) is 0 Å². The van der Waals surface area contributed by atoms with E-state index in [0.717, 1.165) is 24.1 Å². The molecule has 7 nitrogen and oxygen atoms in total. The predicted molar refractivity (Wildman–Crippen MR) is 70.1 cm³/mol. The van der Waals surface area contributed by atoms with Gasteiger partial charge in [-0.25, -0.2) is 0 Å². The Kier molecular flexibility index (Phi) is 3.43. The first-order valence-corrected chi connectivity index (χ1v) is 6.45. The Morgan fingerprint density at radius 1 is 1.55 bits per heavy atom. The van der Waals surface area contributed by atoms with Crippen molar-refractivity contribution < 1.29 is 19.4 Å². The Morgan fingerprint density at radius 2 is 2.35 bits per heavy atom. The molecule has 20 heavy (non-hydrogen) atoms. The average Bonchev–Trinajstić information content (AvgIpc) is 2.87. The zero-order valence-corrected chi connectivity index (χ0v) is 11.5. The van der Waals surface area contributed by atoms with Crippen molar-refractivity contribution in [3.63, 3.8) is 0 Å². The van der Waals surface area contributed by atoms with E-state index in [1.54, 1.807) is 7.11 Å². The molecule has 0 fully saturated rings. The molecule has 1 aromatic carbocycles. The largest absolute Gasteiger partial charge is 0.762 e. The molecule has 1 atom stereocenters. The summed E-state index contributed by atoms with van der Waals surface area (Å²) in [6, 6.07) is 1.69. The lowest BCUT2D eigenvalue weighted by Gasteiger charge is -2.38. The second kappa shape index (κ2) is 5.10. The zero-order chi connectivity index (χ0) is 14.3. The second-order valence-corrected chi connectivity index (χ2v) is 5.00. The van der Waals surface area contributed by atoms with Crippen LogP contribution in [0.1, 0.15) is 17.2 Å². The fourth-order valence-electron chi connectivity index (χ4n) is 2.90. The second-order valence-electron chi connectivity index (χ2n) is 5.00. The molecule has 2 heterocycles. The summed E-state index contributed by atoms with van der Waals surface area (Å²) in [6.45, 7) is 0.927. The molecule has 3 rings (SSSR count). The minimum Gasteiger partial charge on any atom is -0.762 e. The van der Waals surface area contributed by atoms with Gasteiger partial charge in [-0.3, -0.25) is 10.1 Å². The van der Waals surface area contributed by atoms with Gasteiger partial charge in [-0.2, -0.15) is 0 Å². The van der Waals surface area contributed by atoms with Crippen LogP contribution in [0.4, 0.5) is 0 Å². The Bertz CT molecular complexity index is 520. The summed E-state index contributed by atoms with van der Waals surface area (Å²) in [6.07, 6.45) is 0.833. The van der Waals surface area contributed by atoms with Gasteiger partial charge in [0.05, 0.1) is 13.2 Å². The number of methoxy groups -OCH3 is 1. The van der Waals surface area contributed by atoms with E-state index in [1.165, 1.54) is 0 Å². The van der Waals surface area contributed by atoms with E-state index in [1.807, 2.05) is 18.0 Å². The SMILES string of the molecule is COc1c2c(cc3c1[C@@H](CN([O-])O)N(C)CC3)OCO2. The smallest absolute Gasteiger partial charge is 0.231 e. The van der Waals surface area contributed by atoms with Crippen LogP contribution in [0.2, 0.25) is 0 Å². The molecule has 7 heteroatoms. The molecule has 0 aromatic heterocycles. The number of hydroxylamine groups is 2. The molecule has 0 amide bonds. The first kappa shape index (κ1) is 13.4. The van der Waals surface area contributed by atoms with Crippen molar-refractivity contribution >= 4 is 0 Å². The highest BCUT2D eigenvalue weighted by atomic mass is 16.8. The third-order valence-electron chi connectivity index (χ3n) is 3.88. The van der Waals surface area contributed by atoms with E-state index < -0.39 is 0 Å². The van der Waals surface area contributed by atoms with Crippen LogP contribution in [0.3, 0.4) is 0 Å². The minimum absolute atomic E-state index is 0.0414. The molecule has 0 saturated heterocycles. The Labute approximate surface area is 116 Å². The van der Waals surface area contributed by atoms with Crippen molar-refractivity contribution in [3.05, 3.63) is 22.4 Å². The Morgan fingerprint density at radius 3 is 3.05 bits per heavy atom. The number of hydrogen-bond donors (Lipinski definition) is 1. The average molecular weight is 281 g/mol. The van der Waals surface area contributed by atoms with Gasteiger partial charge in [-0.1, -0.05) is 0 Å². The Balaban J connectivity index is 2.12. The third-order valence-corrected chi connectivity index (χ3v) is 3.88. The lowest BCUT2D eigenvalue weighted by molar-refractivity contribution is -0.0595. The van der Waals surface area contributed by atoms with E-state index in [4.69, 9.17) is 19.4 Å². The number of ether oxygens (including phenoxy) is 3. The van der Waals surface area contributed by atoms with Gasteiger partial charge < -0.3 is 24.6 Å². The highest BCUT2D eigenvalue weighted by Crippen LogP contribution is 2.49. The standard InChI is InChI=1S/C13H17N2O5/c1-14-4-3-8-5-10-12(20-7-19-10)13(18-2)11(8)9(14)6-15(16)17/h5,9,16H,3-4,6-7H2,1-2H3/q-1/t9-/m1/s1. The number of rotatable bonds is 3. The number of nitrogens with zero attached hydrogens (tertiary/aromatic N) is 2.